The van der Waals surface area contributed by atoms with Crippen molar-refractivity contribution in [1.82, 2.24) is 0 Å². The van der Waals surface area contributed by atoms with Gasteiger partial charge in [-0.25, -0.2) is 4.39 Å². The topological polar surface area (TPSA) is 74.4 Å². The zero-order valence-electron chi connectivity index (χ0n) is 15.9. The molecule has 136 valence electrons. The van der Waals surface area contributed by atoms with Crippen LogP contribution < -0.4 is 0 Å². The molecular weight excluding hydrogens is 351 g/mol. The molecule has 28 heavy (non-hydrogen) atoms. The van der Waals surface area contributed by atoms with E-state index in [4.69, 9.17) is 10.5 Å². The van der Waals surface area contributed by atoms with Gasteiger partial charge in [0.25, 0.3) is 0 Å². The number of hydrogen-bond acceptors (Lipinski definition) is 3. The Morgan fingerprint density at radius 2 is 1.82 bits per heavy atom. The molecule has 0 amide bonds. The molecule has 2 aliphatic rings. The van der Waals surface area contributed by atoms with Crippen molar-refractivity contribution in [3.63, 3.8) is 0 Å². The smallest absolute Gasteiger partial charge is 0.207 e. The van der Waals surface area contributed by atoms with Crippen molar-refractivity contribution < 1.29 is 8.97 Å². The van der Waals surface area contributed by atoms with E-state index in [9.17, 15) is 9.65 Å². The highest BCUT2D eigenvalue weighted by Crippen LogP contribution is 2.40. The van der Waals surface area contributed by atoms with Crippen molar-refractivity contribution in [3.8, 4) is 18.2 Å². The van der Waals surface area contributed by atoms with E-state index in [2.05, 4.69) is 26.0 Å². The van der Waals surface area contributed by atoms with E-state index in [0.29, 0.717) is 5.57 Å². The van der Waals surface area contributed by atoms with Crippen LogP contribution in [0.1, 0.15) is 19.4 Å². The molecule has 1 heterocycles. The lowest BCUT2D eigenvalue weighted by Gasteiger charge is -2.17. The van der Waals surface area contributed by atoms with Crippen molar-refractivity contribution in [1.29, 1.82) is 15.8 Å². The molecule has 3 rings (SSSR count). The Balaban J connectivity index is 2.05. The molecule has 5 heteroatoms. The van der Waals surface area contributed by atoms with E-state index in [0.717, 1.165) is 11.4 Å². The first-order valence-electron chi connectivity index (χ1n) is 8.77. The van der Waals surface area contributed by atoms with Crippen LogP contribution in [-0.4, -0.2) is 17.3 Å². The second-order valence-corrected chi connectivity index (χ2v) is 7.21. The summed E-state index contributed by atoms with van der Waals surface area (Å²) >= 11 is 0. The van der Waals surface area contributed by atoms with Crippen LogP contribution in [-0.2, 0) is 5.41 Å². The predicted octanol–water partition coefficient (Wildman–Crippen LogP) is 4.53. The van der Waals surface area contributed by atoms with E-state index >= 15 is 0 Å². The number of benzene rings is 1. The van der Waals surface area contributed by atoms with Gasteiger partial charge in [-0.1, -0.05) is 30.4 Å². The lowest BCUT2D eigenvalue weighted by molar-refractivity contribution is -0.401. The summed E-state index contributed by atoms with van der Waals surface area (Å²) in [5.41, 5.74) is 2.96. The van der Waals surface area contributed by atoms with Gasteiger partial charge in [0.1, 0.15) is 30.6 Å². The van der Waals surface area contributed by atoms with Crippen LogP contribution in [0.4, 0.5) is 10.1 Å². The van der Waals surface area contributed by atoms with Crippen LogP contribution in [0, 0.1) is 39.9 Å². The maximum absolute atomic E-state index is 14.5. The first-order chi connectivity index (χ1) is 13.3. The summed E-state index contributed by atoms with van der Waals surface area (Å²) in [5, 5.41) is 27.6. The highest BCUT2D eigenvalue weighted by atomic mass is 19.1. The molecule has 1 aromatic rings. The number of hydrogen-bond donors (Lipinski definition) is 0. The summed E-state index contributed by atoms with van der Waals surface area (Å²) in [7, 11) is 1.95. The van der Waals surface area contributed by atoms with E-state index < -0.39 is 11.7 Å². The van der Waals surface area contributed by atoms with Gasteiger partial charge in [-0.2, -0.15) is 20.4 Å². The van der Waals surface area contributed by atoms with Crippen molar-refractivity contribution in [2.45, 2.75) is 19.3 Å². The third-order valence-corrected chi connectivity index (χ3v) is 5.27. The molecule has 0 spiro atoms. The molecule has 1 atom stereocenters. The monoisotopic (exact) mass is 369 g/mol. The van der Waals surface area contributed by atoms with E-state index in [1.807, 2.05) is 35.9 Å². The number of allylic oxidation sites excluding steroid dienone is 8. The van der Waals surface area contributed by atoms with Crippen molar-refractivity contribution in [3.05, 3.63) is 76.7 Å². The normalized spacial score (nSPS) is 20.0. The minimum Gasteiger partial charge on any atom is -0.207 e. The first kappa shape index (κ1) is 19.0. The van der Waals surface area contributed by atoms with Gasteiger partial charge in [0.2, 0.25) is 5.69 Å². The Morgan fingerprint density at radius 3 is 2.39 bits per heavy atom. The number of nitriles is 3. The van der Waals surface area contributed by atoms with Crippen LogP contribution in [0.15, 0.2) is 71.1 Å². The van der Waals surface area contributed by atoms with Crippen LogP contribution in [0.3, 0.4) is 0 Å². The zero-order chi connectivity index (χ0) is 20.5. The third-order valence-electron chi connectivity index (χ3n) is 5.27. The lowest BCUT2D eigenvalue weighted by Crippen LogP contribution is -2.27. The fourth-order valence-electron chi connectivity index (χ4n) is 3.73. The van der Waals surface area contributed by atoms with Crippen LogP contribution in [0.2, 0.25) is 0 Å². The average molecular weight is 369 g/mol. The fraction of sp³-hybridized carbons (Fsp3) is 0.217. The second-order valence-electron chi connectivity index (χ2n) is 7.21. The van der Waals surface area contributed by atoms with Crippen molar-refractivity contribution in [2.24, 2.45) is 5.92 Å². The molecule has 1 aromatic carbocycles. The maximum atomic E-state index is 14.5. The molecule has 1 aliphatic heterocycles. The van der Waals surface area contributed by atoms with Crippen molar-refractivity contribution >= 4 is 11.4 Å². The highest BCUT2D eigenvalue weighted by molar-refractivity contribution is 6.03. The summed E-state index contributed by atoms with van der Waals surface area (Å²) in [6.07, 6.45) is 6.12. The minimum absolute atomic E-state index is 0.0445. The first-order valence-corrected chi connectivity index (χ1v) is 8.77. The van der Waals surface area contributed by atoms with E-state index in [1.54, 1.807) is 18.2 Å². The molecule has 4 nitrogen and oxygen atoms in total. The molecule has 0 aromatic heterocycles. The average Bonchev–Trinajstić information content (AvgIpc) is 2.88. The molecule has 1 unspecified atom stereocenters. The summed E-state index contributed by atoms with van der Waals surface area (Å²) in [5.74, 6) is -1.23. The highest BCUT2D eigenvalue weighted by Gasteiger charge is 2.43. The summed E-state index contributed by atoms with van der Waals surface area (Å²) in [6, 6.07) is 13.6. The third kappa shape index (κ3) is 2.96. The van der Waals surface area contributed by atoms with E-state index in [-0.39, 0.29) is 16.6 Å². The summed E-state index contributed by atoms with van der Waals surface area (Å²) in [4.78, 5) is 0. The standard InChI is InChI=1S/C23H18FN4/c1-23(2)19-6-4-5-7-21(19)28(3)22(23)11-16(12-25)15-8-9-18(20(24)10-15)17(13-26)14-27/h4-11,15H,1-3H3/q+1/b16-11+. The summed E-state index contributed by atoms with van der Waals surface area (Å²) < 4.78 is 16.5. The molecule has 0 saturated carbocycles. The minimum atomic E-state index is -0.668. The molecule has 1 aliphatic carbocycles. The van der Waals surface area contributed by atoms with Gasteiger partial charge in [0, 0.05) is 34.8 Å². The largest absolute Gasteiger partial charge is 0.209 e. The molecule has 0 saturated heterocycles. The van der Waals surface area contributed by atoms with Crippen LogP contribution in [0.25, 0.3) is 0 Å². The van der Waals surface area contributed by atoms with Gasteiger partial charge in [0.15, 0.2) is 5.71 Å². The Labute approximate surface area is 163 Å². The van der Waals surface area contributed by atoms with Crippen molar-refractivity contribution in [2.75, 3.05) is 7.05 Å². The molecule has 0 fully saturated rings. The molecule has 0 radical (unpaired) electrons. The molecular formula is C23H18FN4+. The number of rotatable bonds is 2. The Kier molecular flexibility index (Phi) is 4.83. The Hall–Kier alpha value is -3.75. The predicted molar refractivity (Wildman–Crippen MR) is 104 cm³/mol. The zero-order valence-corrected chi connectivity index (χ0v) is 15.9. The number of halogens is 1. The van der Waals surface area contributed by atoms with Crippen LogP contribution >= 0.6 is 0 Å². The van der Waals surface area contributed by atoms with Crippen LogP contribution in [0.5, 0.6) is 0 Å². The number of nitrogens with zero attached hydrogens (tertiary/aromatic N) is 4. The maximum Gasteiger partial charge on any atom is 0.209 e. The Morgan fingerprint density at radius 1 is 1.14 bits per heavy atom. The number of para-hydroxylation sites is 1. The van der Waals surface area contributed by atoms with Gasteiger partial charge in [-0.15, -0.1) is 0 Å². The summed E-state index contributed by atoms with van der Waals surface area (Å²) in [6.45, 7) is 4.19. The van der Waals surface area contributed by atoms with Gasteiger partial charge in [-0.05, 0) is 19.9 Å². The Bertz CT molecular complexity index is 1120. The number of fused-ring (bicyclic) bond motifs is 1. The van der Waals surface area contributed by atoms with Gasteiger partial charge < -0.3 is 0 Å². The van der Waals surface area contributed by atoms with Gasteiger partial charge in [0.05, 0.1) is 11.5 Å². The van der Waals surface area contributed by atoms with Gasteiger partial charge >= 0.3 is 0 Å². The molecule has 0 N–H and O–H groups in total. The van der Waals surface area contributed by atoms with Gasteiger partial charge in [-0.3, -0.25) is 0 Å². The lowest BCUT2D eigenvalue weighted by atomic mass is 9.80. The molecule has 0 bridgehead atoms. The second kappa shape index (κ2) is 7.10. The quantitative estimate of drug-likeness (QED) is 0.568. The fourth-order valence-corrected chi connectivity index (χ4v) is 3.73. The van der Waals surface area contributed by atoms with E-state index in [1.165, 1.54) is 17.7 Å². The SMILES string of the molecule is C[N+]1=C(/C=C(\C#N)C2C=CC(=C(C#N)C#N)C(F)=C2)C(C)(C)c2ccccc21.